The Morgan fingerprint density at radius 3 is 2.73 bits per heavy atom. The molecule has 5 N–H and O–H groups in total. The molecular weight excluding hydrogens is 484 g/mol. The molecule has 0 spiro atoms. The fraction of sp³-hybridized carbons (Fsp3) is 0.500. The van der Waals surface area contributed by atoms with E-state index >= 15 is 0 Å². The lowest BCUT2D eigenvalue weighted by Crippen LogP contribution is -2.71. The van der Waals surface area contributed by atoms with Gasteiger partial charge < -0.3 is 25.7 Å². The smallest absolute Gasteiger partial charge is 0.362 e. The van der Waals surface area contributed by atoms with E-state index in [9.17, 15) is 22.8 Å². The van der Waals surface area contributed by atoms with E-state index in [-0.39, 0.29) is 39.7 Å². The zero-order valence-corrected chi connectivity index (χ0v) is 18.7. The van der Waals surface area contributed by atoms with E-state index in [1.165, 1.54) is 18.5 Å². The van der Waals surface area contributed by atoms with Gasteiger partial charge in [-0.05, 0) is 6.92 Å². The third-order valence-electron chi connectivity index (χ3n) is 4.71. The van der Waals surface area contributed by atoms with Crippen molar-refractivity contribution in [2.24, 2.45) is 10.1 Å². The van der Waals surface area contributed by atoms with Gasteiger partial charge in [-0.25, -0.2) is 9.29 Å². The Bertz CT molecular complexity index is 1100. The largest absolute Gasteiger partial charge is 0.393 e. The molecule has 1 fully saturated rings. The van der Waals surface area contributed by atoms with Gasteiger partial charge in [0.25, 0.3) is 11.8 Å². The number of carbonyl (C=O) groups excluding carboxylic acids is 3. The number of hydrogen-bond acceptors (Lipinski definition) is 13. The Kier molecular flexibility index (Phi) is 7.38. The number of nitrogens with two attached hydrogens (primary N) is 1. The molecule has 2 unspecified atom stereocenters. The maximum atomic E-state index is 12.7. The molecule has 33 heavy (non-hydrogen) atoms. The van der Waals surface area contributed by atoms with Crippen molar-refractivity contribution in [2.45, 2.75) is 37.6 Å². The van der Waals surface area contributed by atoms with Crippen LogP contribution < -0.4 is 11.1 Å². The number of aliphatic hydroxyl groups is 1. The molecule has 0 saturated carbocycles. The number of Topliss-reactive ketones (excluding diaryl/α,β-unsaturated/α-hetero) is 1. The number of nitrogens with one attached hydrogen (secondary N) is 1. The van der Waals surface area contributed by atoms with Gasteiger partial charge >= 0.3 is 10.3 Å². The summed E-state index contributed by atoms with van der Waals surface area (Å²) in [6.07, 6.45) is 0.249. The Morgan fingerprint density at radius 2 is 2.18 bits per heavy atom. The number of amides is 2. The highest BCUT2D eigenvalue weighted by Crippen LogP contribution is 2.23. The Morgan fingerprint density at radius 1 is 1.45 bits per heavy atom. The fourth-order valence-electron chi connectivity index (χ4n) is 3.10. The number of nitrogen functional groups attached to an aromatic ring is 1. The number of aromatic nitrogens is 1. The van der Waals surface area contributed by atoms with Gasteiger partial charge in [0.15, 0.2) is 22.7 Å². The van der Waals surface area contributed by atoms with Crippen LogP contribution in [0.15, 0.2) is 15.5 Å². The number of oxime groups is 1. The van der Waals surface area contributed by atoms with Gasteiger partial charge in [-0.15, -0.1) is 11.3 Å². The van der Waals surface area contributed by atoms with Gasteiger partial charge in [-0.1, -0.05) is 5.16 Å². The number of anilines is 1. The van der Waals surface area contributed by atoms with Gasteiger partial charge in [-0.2, -0.15) is 8.42 Å². The summed E-state index contributed by atoms with van der Waals surface area (Å²) in [4.78, 5) is 49.9. The molecule has 3 heterocycles. The molecule has 2 amide bonds. The van der Waals surface area contributed by atoms with Gasteiger partial charge in [0.2, 0.25) is 0 Å². The SMILES string of the molecule is C[C@H]1[C@H](NC(=O)C(=NOCC2CC(=O)C(OCO)C=N2)c2csc(N)n2)C(=O)N1S(=O)(=O)O. The molecule has 1 aromatic heterocycles. The lowest BCUT2D eigenvalue weighted by atomic mass is 10.0. The predicted octanol–water partition coefficient (Wildman–Crippen LogP) is -2.29. The quantitative estimate of drug-likeness (QED) is 0.0920. The first-order valence-electron chi connectivity index (χ1n) is 9.34. The monoisotopic (exact) mass is 504 g/mol. The van der Waals surface area contributed by atoms with Crippen molar-refractivity contribution in [1.82, 2.24) is 14.6 Å². The molecule has 0 bridgehead atoms. The van der Waals surface area contributed by atoms with Gasteiger partial charge in [0.1, 0.15) is 25.1 Å². The molecule has 2 aliphatic heterocycles. The predicted molar refractivity (Wildman–Crippen MR) is 113 cm³/mol. The summed E-state index contributed by atoms with van der Waals surface area (Å²) in [6, 6.07) is -2.87. The van der Waals surface area contributed by atoms with E-state index in [1.807, 2.05) is 0 Å². The van der Waals surface area contributed by atoms with Crippen LogP contribution in [0.4, 0.5) is 5.13 Å². The minimum absolute atomic E-state index is 0.0403. The minimum Gasteiger partial charge on any atom is -0.393 e. The van der Waals surface area contributed by atoms with Crippen LogP contribution >= 0.6 is 11.3 Å². The van der Waals surface area contributed by atoms with Crippen LogP contribution in [-0.4, -0.2) is 94.5 Å². The summed E-state index contributed by atoms with van der Waals surface area (Å²) in [5.74, 6) is -2.24. The summed E-state index contributed by atoms with van der Waals surface area (Å²) in [7, 11) is -4.75. The van der Waals surface area contributed by atoms with E-state index in [2.05, 4.69) is 20.4 Å². The van der Waals surface area contributed by atoms with Crippen LogP contribution in [0.2, 0.25) is 0 Å². The first kappa shape index (κ1) is 24.6. The standard InChI is InChI=1S/C16H20N6O9S2/c1-7-12(15(26)22(7)33(27,28)29)20-14(25)13(9-5-32-16(17)19-9)21-31-4-8-2-10(24)11(3-18-8)30-6-23/h3,5,7-8,11-12,23H,2,4,6H2,1H3,(H2,17,19)(H,20,25)(H,27,28,29)/t7-,8?,11?,12-/m0/s1. The number of aliphatic imine (C=N–C) groups is 1. The van der Waals surface area contributed by atoms with E-state index < -0.39 is 53.1 Å². The number of thiazole rings is 1. The number of ether oxygens (including phenoxy) is 1. The second-order valence-corrected chi connectivity index (χ2v) is 9.13. The molecular formula is C16H20N6O9S2. The van der Waals surface area contributed by atoms with Crippen molar-refractivity contribution in [3.8, 4) is 0 Å². The average Bonchev–Trinajstić information content (AvgIpc) is 3.16. The maximum absolute atomic E-state index is 12.7. The summed E-state index contributed by atoms with van der Waals surface area (Å²) >= 11 is 1.02. The first-order chi connectivity index (χ1) is 15.5. The first-order valence-corrected chi connectivity index (χ1v) is 11.6. The molecule has 3 rings (SSSR count). The van der Waals surface area contributed by atoms with Gasteiger partial charge in [0.05, 0.1) is 12.1 Å². The molecule has 180 valence electrons. The molecule has 0 aromatic carbocycles. The number of β-lactam (4-membered cyclic amide) rings is 1. The number of carbonyl (C=O) groups is 3. The van der Waals surface area contributed by atoms with Crippen molar-refractivity contribution >= 4 is 56.3 Å². The van der Waals surface area contributed by atoms with Crippen LogP contribution in [0.25, 0.3) is 0 Å². The number of aliphatic hydroxyl groups excluding tert-OH is 1. The zero-order chi connectivity index (χ0) is 24.3. The topological polar surface area (TPSA) is 223 Å². The summed E-state index contributed by atoms with van der Waals surface area (Å²) in [6.45, 7) is 0.507. The molecule has 0 radical (unpaired) electrons. The Hall–Kier alpha value is -2.99. The second kappa shape index (κ2) is 9.87. The van der Waals surface area contributed by atoms with Gasteiger partial charge in [0, 0.05) is 18.0 Å². The molecule has 15 nitrogen and oxygen atoms in total. The highest BCUT2D eigenvalue weighted by atomic mass is 32.2. The number of rotatable bonds is 9. The van der Waals surface area contributed by atoms with Crippen molar-refractivity contribution in [2.75, 3.05) is 19.1 Å². The summed E-state index contributed by atoms with van der Waals surface area (Å²) < 4.78 is 36.6. The van der Waals surface area contributed by atoms with E-state index in [0.29, 0.717) is 0 Å². The highest BCUT2D eigenvalue weighted by molar-refractivity contribution is 7.84. The number of nitrogens with zero attached hydrogens (tertiary/aromatic N) is 4. The van der Waals surface area contributed by atoms with Gasteiger partial charge in [-0.3, -0.25) is 23.9 Å². The van der Waals surface area contributed by atoms with E-state index in [1.54, 1.807) is 0 Å². The third-order valence-corrected chi connectivity index (χ3v) is 6.40. The summed E-state index contributed by atoms with van der Waals surface area (Å²) in [5.41, 5.74) is 5.30. The van der Waals surface area contributed by atoms with Crippen molar-refractivity contribution in [3.05, 3.63) is 11.1 Å². The second-order valence-electron chi connectivity index (χ2n) is 6.95. The molecule has 2 aliphatic rings. The minimum atomic E-state index is -4.75. The van der Waals surface area contributed by atoms with E-state index in [4.69, 9.17) is 25.0 Å². The van der Waals surface area contributed by atoms with Crippen LogP contribution in [0.3, 0.4) is 0 Å². The molecule has 0 aliphatic carbocycles. The lowest BCUT2D eigenvalue weighted by molar-refractivity contribution is -0.143. The van der Waals surface area contributed by atoms with Crippen LogP contribution in [0.5, 0.6) is 0 Å². The normalized spacial score (nSPS) is 25.7. The highest BCUT2D eigenvalue weighted by Gasteiger charge is 2.51. The average molecular weight is 505 g/mol. The van der Waals surface area contributed by atoms with Crippen molar-refractivity contribution < 1.29 is 42.0 Å². The van der Waals surface area contributed by atoms with Crippen LogP contribution in [0.1, 0.15) is 19.0 Å². The van der Waals surface area contributed by atoms with Crippen LogP contribution in [0, 0.1) is 0 Å². The molecule has 4 atom stereocenters. The zero-order valence-electron chi connectivity index (χ0n) is 17.0. The summed E-state index contributed by atoms with van der Waals surface area (Å²) in [5, 5.41) is 16.4. The molecule has 1 aromatic rings. The van der Waals surface area contributed by atoms with E-state index in [0.717, 1.165) is 11.3 Å². The lowest BCUT2D eigenvalue weighted by Gasteiger charge is -2.42. The van der Waals surface area contributed by atoms with Crippen molar-refractivity contribution in [3.63, 3.8) is 0 Å². The molecule has 17 heteroatoms. The molecule has 1 saturated heterocycles. The van der Waals surface area contributed by atoms with Crippen molar-refractivity contribution in [1.29, 1.82) is 0 Å². The third kappa shape index (κ3) is 5.50. The maximum Gasteiger partial charge on any atom is 0.362 e. The number of ketones is 1. The Labute approximate surface area is 191 Å². The fourth-order valence-corrected chi connectivity index (χ4v) is 4.53. The Balaban J connectivity index is 1.69. The van der Waals surface area contributed by atoms with Crippen LogP contribution in [-0.2, 0) is 34.3 Å². The number of hydrogen-bond donors (Lipinski definition) is 4.